The highest BCUT2D eigenvalue weighted by Crippen LogP contribution is 2.35. The summed E-state index contributed by atoms with van der Waals surface area (Å²) in [5, 5.41) is 13.0. The number of fused-ring (bicyclic) bond motifs is 1. The molecule has 3 rings (SSSR count). The number of hydrogen-bond acceptors (Lipinski definition) is 2. The number of phenols is 1. The van der Waals surface area contributed by atoms with Gasteiger partial charge >= 0.3 is 0 Å². The second-order valence-corrected chi connectivity index (χ2v) is 6.55. The second kappa shape index (κ2) is 8.76. The van der Waals surface area contributed by atoms with Crippen molar-refractivity contribution in [3.05, 3.63) is 29.8 Å². The molecule has 128 valence electrons. The van der Waals surface area contributed by atoms with Crippen LogP contribution >= 0.6 is 24.0 Å². The number of guanidine groups is 1. The molecule has 0 spiro atoms. The molecular weight excluding hydrogens is 401 g/mol. The second-order valence-electron chi connectivity index (χ2n) is 6.55. The molecule has 1 aliphatic carbocycles. The predicted molar refractivity (Wildman–Crippen MR) is 105 cm³/mol. The Labute approximate surface area is 156 Å². The molecule has 5 heteroatoms. The van der Waals surface area contributed by atoms with Crippen molar-refractivity contribution in [1.29, 1.82) is 0 Å². The van der Waals surface area contributed by atoms with Gasteiger partial charge in [-0.2, -0.15) is 0 Å². The summed E-state index contributed by atoms with van der Waals surface area (Å²) >= 11 is 0. The molecule has 1 aromatic rings. The van der Waals surface area contributed by atoms with E-state index in [0.29, 0.717) is 12.3 Å². The van der Waals surface area contributed by atoms with E-state index in [4.69, 9.17) is 4.99 Å². The van der Waals surface area contributed by atoms with Crippen LogP contribution in [0.1, 0.15) is 38.2 Å². The first-order chi connectivity index (χ1) is 10.8. The van der Waals surface area contributed by atoms with E-state index in [1.54, 1.807) is 12.1 Å². The van der Waals surface area contributed by atoms with Crippen molar-refractivity contribution >= 4 is 29.9 Å². The van der Waals surface area contributed by atoms with Gasteiger partial charge in [0, 0.05) is 19.6 Å². The number of hydrogen-bond donors (Lipinski definition) is 2. The summed E-state index contributed by atoms with van der Waals surface area (Å²) in [6, 6.07) is 7.37. The lowest BCUT2D eigenvalue weighted by atomic mass is 9.82. The quantitative estimate of drug-likeness (QED) is 0.439. The van der Waals surface area contributed by atoms with E-state index in [2.05, 4.69) is 17.1 Å². The average Bonchev–Trinajstić information content (AvgIpc) is 2.95. The minimum Gasteiger partial charge on any atom is -0.508 e. The first-order valence-electron chi connectivity index (χ1n) is 8.57. The minimum absolute atomic E-state index is 0. The van der Waals surface area contributed by atoms with E-state index in [1.807, 2.05) is 12.1 Å². The summed E-state index contributed by atoms with van der Waals surface area (Å²) in [6.45, 7) is 5.92. The monoisotopic (exact) mass is 429 g/mol. The third-order valence-electron chi connectivity index (χ3n) is 4.93. The number of aromatic hydroxyl groups is 1. The lowest BCUT2D eigenvalue weighted by Gasteiger charge is -2.22. The van der Waals surface area contributed by atoms with Gasteiger partial charge in [-0.05, 0) is 49.3 Å². The fourth-order valence-corrected chi connectivity index (χ4v) is 3.83. The first-order valence-corrected chi connectivity index (χ1v) is 8.57. The summed E-state index contributed by atoms with van der Waals surface area (Å²) in [7, 11) is 0. The summed E-state index contributed by atoms with van der Waals surface area (Å²) in [6.07, 6.45) is 5.55. The Bertz CT molecular complexity index is 521. The Kier molecular flexibility index (Phi) is 6.99. The van der Waals surface area contributed by atoms with Gasteiger partial charge in [0.05, 0.1) is 6.54 Å². The molecule has 2 N–H and O–H groups in total. The van der Waals surface area contributed by atoms with Gasteiger partial charge in [-0.3, -0.25) is 0 Å². The summed E-state index contributed by atoms with van der Waals surface area (Å²) in [5.74, 6) is 3.06. The molecule has 2 fully saturated rings. The fraction of sp³-hybridized carbons (Fsp3) is 0.611. The number of likely N-dealkylation sites (tertiary alicyclic amines) is 1. The molecule has 1 saturated heterocycles. The molecule has 0 radical (unpaired) electrons. The molecule has 0 amide bonds. The van der Waals surface area contributed by atoms with E-state index < -0.39 is 0 Å². The normalized spacial score (nSPS) is 24.0. The van der Waals surface area contributed by atoms with Gasteiger partial charge in [-0.25, -0.2) is 4.99 Å². The molecular formula is C18H28IN3O. The highest BCUT2D eigenvalue weighted by molar-refractivity contribution is 14.0. The highest BCUT2D eigenvalue weighted by Gasteiger charge is 2.35. The van der Waals surface area contributed by atoms with Gasteiger partial charge < -0.3 is 15.3 Å². The maximum atomic E-state index is 9.56. The van der Waals surface area contributed by atoms with E-state index in [-0.39, 0.29) is 24.0 Å². The zero-order valence-corrected chi connectivity index (χ0v) is 16.2. The zero-order chi connectivity index (χ0) is 15.4. The van der Waals surface area contributed by atoms with Crippen LogP contribution in [0.2, 0.25) is 0 Å². The van der Waals surface area contributed by atoms with Gasteiger partial charge in [0.15, 0.2) is 5.96 Å². The maximum absolute atomic E-state index is 9.56. The zero-order valence-electron chi connectivity index (χ0n) is 13.9. The first kappa shape index (κ1) is 18.4. The lowest BCUT2D eigenvalue weighted by Crippen LogP contribution is -2.40. The van der Waals surface area contributed by atoms with Gasteiger partial charge in [0.1, 0.15) is 5.75 Å². The summed E-state index contributed by atoms with van der Waals surface area (Å²) < 4.78 is 0. The van der Waals surface area contributed by atoms with Gasteiger partial charge in [0.25, 0.3) is 0 Å². The maximum Gasteiger partial charge on any atom is 0.194 e. The summed E-state index contributed by atoms with van der Waals surface area (Å²) in [5.41, 5.74) is 1.05. The largest absolute Gasteiger partial charge is 0.508 e. The third-order valence-corrected chi connectivity index (χ3v) is 4.93. The predicted octanol–water partition coefficient (Wildman–Crippen LogP) is 3.60. The van der Waals surface area contributed by atoms with Crippen molar-refractivity contribution in [3.8, 4) is 5.75 Å². The average molecular weight is 429 g/mol. The Morgan fingerprint density at radius 3 is 2.57 bits per heavy atom. The Morgan fingerprint density at radius 2 is 1.96 bits per heavy atom. The smallest absolute Gasteiger partial charge is 0.194 e. The number of aliphatic imine (C=N–C) groups is 1. The number of nitrogens with zero attached hydrogens (tertiary/aromatic N) is 2. The molecule has 1 aliphatic heterocycles. The van der Waals surface area contributed by atoms with Gasteiger partial charge in [0.2, 0.25) is 0 Å². The lowest BCUT2D eigenvalue weighted by molar-refractivity contribution is 0.299. The van der Waals surface area contributed by atoms with Crippen molar-refractivity contribution in [3.63, 3.8) is 0 Å². The molecule has 4 nitrogen and oxygen atoms in total. The van der Waals surface area contributed by atoms with E-state index in [9.17, 15) is 5.11 Å². The number of rotatable bonds is 3. The Morgan fingerprint density at radius 1 is 1.26 bits per heavy atom. The molecule has 0 aromatic heterocycles. The van der Waals surface area contributed by atoms with Crippen LogP contribution in [0, 0.1) is 11.8 Å². The molecule has 2 atom stereocenters. The molecule has 0 bridgehead atoms. The standard InChI is InChI=1S/C18H27N3O.HI/c1-2-19-18(20-11-14-6-5-9-17(22)10-14)21-12-15-7-3-4-8-16(15)13-21;/h5-6,9-10,15-16,22H,2-4,7-8,11-13H2,1H3,(H,19,20);1H. The van der Waals surface area contributed by atoms with Crippen molar-refractivity contribution in [2.24, 2.45) is 16.8 Å². The fourth-order valence-electron chi connectivity index (χ4n) is 3.83. The van der Waals surface area contributed by atoms with Crippen LogP contribution in [-0.4, -0.2) is 35.6 Å². The van der Waals surface area contributed by atoms with Crippen LogP contribution in [0.3, 0.4) is 0 Å². The topological polar surface area (TPSA) is 47.9 Å². The number of halogens is 1. The SMILES string of the molecule is CCNC(=NCc1cccc(O)c1)N1CC2CCCCC2C1.I. The summed E-state index contributed by atoms with van der Waals surface area (Å²) in [4.78, 5) is 7.22. The number of benzene rings is 1. The molecule has 2 aliphatic rings. The van der Waals surface area contributed by atoms with Crippen molar-refractivity contribution < 1.29 is 5.11 Å². The van der Waals surface area contributed by atoms with Gasteiger partial charge in [-0.15, -0.1) is 24.0 Å². The number of phenolic OH excluding ortho intramolecular Hbond substituents is 1. The van der Waals surface area contributed by atoms with Crippen molar-refractivity contribution in [2.75, 3.05) is 19.6 Å². The molecule has 1 heterocycles. The van der Waals surface area contributed by atoms with E-state index in [0.717, 1.165) is 43.0 Å². The highest BCUT2D eigenvalue weighted by atomic mass is 127. The van der Waals surface area contributed by atoms with Crippen LogP contribution in [0.25, 0.3) is 0 Å². The third kappa shape index (κ3) is 4.75. The van der Waals surface area contributed by atoms with E-state index in [1.165, 1.54) is 25.7 Å². The van der Waals surface area contributed by atoms with E-state index >= 15 is 0 Å². The van der Waals surface area contributed by atoms with Crippen LogP contribution < -0.4 is 5.32 Å². The molecule has 23 heavy (non-hydrogen) atoms. The Balaban J connectivity index is 0.00000192. The van der Waals surface area contributed by atoms with Crippen LogP contribution in [0.4, 0.5) is 0 Å². The minimum atomic E-state index is 0. The van der Waals surface area contributed by atoms with Gasteiger partial charge in [-0.1, -0.05) is 25.0 Å². The Hall–Kier alpha value is -0.980. The van der Waals surface area contributed by atoms with Crippen LogP contribution in [-0.2, 0) is 6.54 Å². The van der Waals surface area contributed by atoms with Crippen molar-refractivity contribution in [2.45, 2.75) is 39.2 Å². The van der Waals surface area contributed by atoms with Crippen molar-refractivity contribution in [1.82, 2.24) is 10.2 Å². The van der Waals surface area contributed by atoms with Crippen LogP contribution in [0.15, 0.2) is 29.3 Å². The molecule has 2 unspecified atom stereocenters. The molecule has 1 saturated carbocycles. The molecule has 1 aromatic carbocycles. The van der Waals surface area contributed by atoms with Crippen LogP contribution in [0.5, 0.6) is 5.75 Å². The number of nitrogens with one attached hydrogen (secondary N) is 1.